The molecule has 0 aromatic rings. The van der Waals surface area contributed by atoms with Gasteiger partial charge in [-0.05, 0) is 77.0 Å². The van der Waals surface area contributed by atoms with E-state index in [-0.39, 0.29) is 18.9 Å². The zero-order chi connectivity index (χ0) is 44.0. The molecule has 1 aliphatic heterocycles. The van der Waals surface area contributed by atoms with Gasteiger partial charge in [0.15, 0.2) is 6.10 Å². The topological polar surface area (TPSA) is 222 Å². The molecule has 15 heteroatoms. The predicted octanol–water partition coefficient (Wildman–Crippen LogP) is 7.38. The van der Waals surface area contributed by atoms with Crippen LogP contribution in [0.15, 0.2) is 48.6 Å². The smallest absolute Gasteiger partial charge is 0.462 e. The molecule has 8 atom stereocenters. The molecule has 0 aromatic heterocycles. The first kappa shape index (κ1) is 53.9. The third-order valence-electron chi connectivity index (χ3n) is 10.5. The highest BCUT2D eigenvalue weighted by atomic mass is 31.2. The third-order valence-corrected chi connectivity index (χ3v) is 11.5. The maximum absolute atomic E-state index is 12.8. The van der Waals surface area contributed by atoms with E-state index in [1.165, 1.54) is 44.9 Å². The number of hydrogen-bond donors (Lipinski definition) is 6. The molecular weight excluding hydrogens is 795 g/mol. The van der Waals surface area contributed by atoms with Crippen molar-refractivity contribution in [3.05, 3.63) is 48.6 Å². The number of unbranched alkanes of at least 4 members (excludes halogenated alkanes) is 13. The van der Waals surface area contributed by atoms with Crippen molar-refractivity contribution in [3.8, 4) is 0 Å². The number of carbonyl (C=O) groups excluding carboxylic acids is 2. The lowest BCUT2D eigenvalue weighted by Gasteiger charge is -2.41. The number of carbonyl (C=O) groups is 2. The molecular formula is C45H77O14P. The Morgan fingerprint density at radius 3 is 1.70 bits per heavy atom. The van der Waals surface area contributed by atoms with E-state index in [0.29, 0.717) is 25.4 Å². The molecule has 1 heterocycles. The van der Waals surface area contributed by atoms with Gasteiger partial charge in [0.1, 0.15) is 43.2 Å². The molecule has 1 saturated heterocycles. The lowest BCUT2D eigenvalue weighted by Crippen LogP contribution is -2.64. The maximum atomic E-state index is 12.8. The Morgan fingerprint density at radius 1 is 0.583 bits per heavy atom. The minimum atomic E-state index is -5.14. The van der Waals surface area contributed by atoms with Gasteiger partial charge in [0.2, 0.25) is 0 Å². The van der Waals surface area contributed by atoms with E-state index in [4.69, 9.17) is 23.3 Å². The van der Waals surface area contributed by atoms with Crippen LogP contribution in [0, 0.1) is 0 Å². The van der Waals surface area contributed by atoms with Crippen LogP contribution in [0.1, 0.15) is 155 Å². The fourth-order valence-electron chi connectivity index (χ4n) is 6.73. The van der Waals surface area contributed by atoms with Gasteiger partial charge in [0, 0.05) is 12.8 Å². The number of aliphatic hydroxyl groups is 5. The highest BCUT2D eigenvalue weighted by Gasteiger charge is 2.51. The van der Waals surface area contributed by atoms with Crippen LogP contribution < -0.4 is 0 Å². The standard InChI is InChI=1S/C45H77O14P/c1-3-5-7-9-11-12-13-14-15-16-19-23-27-31-38(46)55-33-35(34-56-60(53,54)59-45-43(51)41(49)40(48)42(50)44(45)52)57-39(47)32-28-24-20-17-18-22-26-30-37-36(58-37)29-25-21-10-8-6-4-2/h12-13,17,20-22,25-26,35-37,40-45,48-52H,3-11,14-16,18-19,23-24,27-34H2,1-2H3,(H,53,54)/b13-12-,20-17-,25-21-,26-22-. The van der Waals surface area contributed by atoms with Gasteiger partial charge in [-0.1, -0.05) is 114 Å². The number of aliphatic hydroxyl groups excluding tert-OH is 5. The molecule has 0 radical (unpaired) electrons. The van der Waals surface area contributed by atoms with E-state index < -0.39 is 75.7 Å². The van der Waals surface area contributed by atoms with E-state index in [1.807, 2.05) is 12.2 Å². The van der Waals surface area contributed by atoms with Crippen LogP contribution in [0.3, 0.4) is 0 Å². The van der Waals surface area contributed by atoms with Gasteiger partial charge in [-0.25, -0.2) is 4.57 Å². The Labute approximate surface area is 358 Å². The minimum Gasteiger partial charge on any atom is -0.462 e. The van der Waals surface area contributed by atoms with E-state index in [2.05, 4.69) is 50.3 Å². The van der Waals surface area contributed by atoms with Gasteiger partial charge >= 0.3 is 19.8 Å². The van der Waals surface area contributed by atoms with E-state index in [1.54, 1.807) is 0 Å². The average Bonchev–Trinajstić information content (AvgIpc) is 3.99. The normalized spacial score (nSPS) is 26.0. The van der Waals surface area contributed by atoms with Crippen LogP contribution in [0.25, 0.3) is 0 Å². The van der Waals surface area contributed by atoms with E-state index >= 15 is 0 Å². The molecule has 6 N–H and O–H groups in total. The Balaban J connectivity index is 1.75. The van der Waals surface area contributed by atoms with Crippen LogP contribution in [-0.4, -0.2) is 111 Å². The van der Waals surface area contributed by atoms with Crippen molar-refractivity contribution in [2.45, 2.75) is 210 Å². The Kier molecular flexibility index (Phi) is 29.1. The zero-order valence-electron chi connectivity index (χ0n) is 36.2. The number of rotatable bonds is 35. The first-order chi connectivity index (χ1) is 28.9. The van der Waals surface area contributed by atoms with Crippen molar-refractivity contribution in [1.82, 2.24) is 0 Å². The molecule has 14 nitrogen and oxygen atoms in total. The summed E-state index contributed by atoms with van der Waals surface area (Å²) in [7, 11) is -5.14. The van der Waals surface area contributed by atoms with Crippen molar-refractivity contribution < 1.29 is 67.8 Å². The van der Waals surface area contributed by atoms with Gasteiger partial charge in [-0.3, -0.25) is 18.6 Å². The summed E-state index contributed by atoms with van der Waals surface area (Å²) in [5.74, 6) is -1.18. The van der Waals surface area contributed by atoms with Gasteiger partial charge in [-0.15, -0.1) is 0 Å². The Hall–Kier alpha value is -2.23. The summed E-state index contributed by atoms with van der Waals surface area (Å²) in [6.07, 6.45) is 24.9. The predicted molar refractivity (Wildman–Crippen MR) is 230 cm³/mol. The largest absolute Gasteiger partial charge is 0.472 e. The summed E-state index contributed by atoms with van der Waals surface area (Å²) in [4.78, 5) is 35.6. The molecule has 1 saturated carbocycles. The molecule has 2 fully saturated rings. The number of phosphoric acid groups is 1. The number of ether oxygens (including phenoxy) is 3. The van der Waals surface area contributed by atoms with Crippen LogP contribution in [0.4, 0.5) is 0 Å². The van der Waals surface area contributed by atoms with Crippen molar-refractivity contribution >= 4 is 19.8 Å². The second kappa shape index (κ2) is 32.4. The lowest BCUT2D eigenvalue weighted by atomic mass is 9.85. The number of esters is 2. The van der Waals surface area contributed by atoms with Gasteiger partial charge in [-0.2, -0.15) is 0 Å². The molecule has 2 aliphatic rings. The lowest BCUT2D eigenvalue weighted by molar-refractivity contribution is -0.220. The van der Waals surface area contributed by atoms with Crippen molar-refractivity contribution in [2.75, 3.05) is 13.2 Å². The third kappa shape index (κ3) is 24.4. The zero-order valence-corrected chi connectivity index (χ0v) is 37.1. The van der Waals surface area contributed by atoms with Crippen molar-refractivity contribution in [2.24, 2.45) is 0 Å². The second-order valence-corrected chi connectivity index (χ2v) is 17.3. The molecule has 0 amide bonds. The number of allylic oxidation sites excluding steroid dienone is 6. The second-order valence-electron chi connectivity index (χ2n) is 15.9. The summed E-state index contributed by atoms with van der Waals surface area (Å²) in [5.41, 5.74) is 0. The van der Waals surface area contributed by atoms with E-state index in [9.17, 15) is 44.6 Å². The first-order valence-corrected chi connectivity index (χ1v) is 24.1. The minimum absolute atomic E-state index is 0.0126. The average molecular weight is 873 g/mol. The summed E-state index contributed by atoms with van der Waals surface area (Å²) >= 11 is 0. The number of hydrogen-bond acceptors (Lipinski definition) is 13. The van der Waals surface area contributed by atoms with Crippen LogP contribution in [0.2, 0.25) is 0 Å². The maximum Gasteiger partial charge on any atom is 0.472 e. The summed E-state index contributed by atoms with van der Waals surface area (Å²) < 4.78 is 39.2. The summed E-state index contributed by atoms with van der Waals surface area (Å²) in [6, 6.07) is 0. The molecule has 60 heavy (non-hydrogen) atoms. The highest BCUT2D eigenvalue weighted by Crippen LogP contribution is 2.47. The summed E-state index contributed by atoms with van der Waals surface area (Å²) in [6.45, 7) is 3.18. The Morgan fingerprint density at radius 2 is 1.05 bits per heavy atom. The van der Waals surface area contributed by atoms with Crippen LogP contribution >= 0.6 is 7.82 Å². The molecule has 0 bridgehead atoms. The van der Waals surface area contributed by atoms with Crippen LogP contribution in [0.5, 0.6) is 0 Å². The first-order valence-electron chi connectivity index (χ1n) is 22.6. The van der Waals surface area contributed by atoms with Crippen molar-refractivity contribution in [1.29, 1.82) is 0 Å². The molecule has 1 aliphatic carbocycles. The fraction of sp³-hybridized carbons (Fsp3) is 0.778. The molecule has 2 rings (SSSR count). The summed E-state index contributed by atoms with van der Waals surface area (Å²) in [5, 5.41) is 50.1. The molecule has 0 spiro atoms. The number of phosphoric ester groups is 1. The Bertz CT molecular complexity index is 1300. The van der Waals surface area contributed by atoms with Gasteiger partial charge in [0.05, 0.1) is 18.8 Å². The molecule has 346 valence electrons. The molecule has 0 aromatic carbocycles. The van der Waals surface area contributed by atoms with Gasteiger partial charge < -0.3 is 44.6 Å². The SMILES string of the molecule is CCCCC/C=C\CC1OC1C/C=C\C/C=C\CCCC(=O)OC(COC(=O)CCCCCCC/C=C\CCCCCC)COP(=O)(O)OC1C(O)C(O)C(O)C(O)C1O. The molecule has 8 unspecified atom stereocenters. The number of epoxide rings is 1. The fourth-order valence-corrected chi connectivity index (χ4v) is 7.70. The van der Waals surface area contributed by atoms with E-state index in [0.717, 1.165) is 64.2 Å². The van der Waals surface area contributed by atoms with Crippen LogP contribution in [-0.2, 0) is 37.4 Å². The highest BCUT2D eigenvalue weighted by molar-refractivity contribution is 7.47. The van der Waals surface area contributed by atoms with Gasteiger partial charge in [0.25, 0.3) is 0 Å². The quantitative estimate of drug-likeness (QED) is 0.0120. The monoisotopic (exact) mass is 873 g/mol. The van der Waals surface area contributed by atoms with Crippen molar-refractivity contribution in [3.63, 3.8) is 0 Å².